The van der Waals surface area contributed by atoms with E-state index in [9.17, 15) is 9.59 Å². The smallest absolute Gasteiger partial charge is 0.254 e. The van der Waals surface area contributed by atoms with Gasteiger partial charge in [-0.1, -0.05) is 28.1 Å². The third-order valence-corrected chi connectivity index (χ3v) is 5.66. The van der Waals surface area contributed by atoms with E-state index in [4.69, 9.17) is 9.97 Å². The van der Waals surface area contributed by atoms with E-state index < -0.39 is 0 Å². The molecule has 5 rings (SSSR count). The van der Waals surface area contributed by atoms with Gasteiger partial charge in [0.05, 0.1) is 12.6 Å². The Hall–Kier alpha value is -3.27. The molecule has 3 heterocycles. The van der Waals surface area contributed by atoms with Gasteiger partial charge in [-0.05, 0) is 36.6 Å². The topological polar surface area (TPSA) is 105 Å². The van der Waals surface area contributed by atoms with Crippen LogP contribution in [0.15, 0.2) is 40.5 Å². The van der Waals surface area contributed by atoms with Crippen LogP contribution in [0.4, 0.5) is 11.9 Å². The molecule has 0 spiro atoms. The molecule has 0 bridgehead atoms. The quantitative estimate of drug-likeness (QED) is 0.411. The third kappa shape index (κ3) is 4.15. The summed E-state index contributed by atoms with van der Waals surface area (Å²) in [6, 6.07) is 8.47. The van der Waals surface area contributed by atoms with Crippen LogP contribution >= 0.6 is 15.9 Å². The molecule has 2 aromatic heterocycles. The van der Waals surface area contributed by atoms with Gasteiger partial charge in [0.2, 0.25) is 17.8 Å². The summed E-state index contributed by atoms with van der Waals surface area (Å²) in [6.07, 6.45) is 5.56. The van der Waals surface area contributed by atoms with Crippen LogP contribution in [-0.2, 0) is 16.1 Å². The van der Waals surface area contributed by atoms with Gasteiger partial charge < -0.3 is 10.2 Å². The summed E-state index contributed by atoms with van der Waals surface area (Å²) in [5.41, 5.74) is 2.76. The van der Waals surface area contributed by atoms with Crippen molar-refractivity contribution in [1.29, 1.82) is 0 Å². The highest BCUT2D eigenvalue weighted by atomic mass is 79.9. The molecule has 9 nitrogen and oxygen atoms in total. The van der Waals surface area contributed by atoms with Gasteiger partial charge in [0.1, 0.15) is 0 Å². The maximum Gasteiger partial charge on any atom is 0.254 e. The van der Waals surface area contributed by atoms with Gasteiger partial charge in [-0.2, -0.15) is 19.6 Å². The Morgan fingerprint density at radius 1 is 1.32 bits per heavy atom. The normalized spacial score (nSPS) is 17.4. The molecular weight excluding hydrogens is 462 g/mol. The number of halogens is 1. The van der Waals surface area contributed by atoms with Crippen LogP contribution in [0.1, 0.15) is 30.4 Å². The largest absolute Gasteiger partial charge is 0.351 e. The Bertz CT molecular complexity index is 1230. The molecule has 2 amide bonds. The second kappa shape index (κ2) is 7.77. The molecule has 158 valence electrons. The molecule has 2 fully saturated rings. The molecule has 1 aromatic carbocycles. The average molecular weight is 482 g/mol. The molecule has 2 N–H and O–H groups in total. The molecule has 2 aliphatic rings. The summed E-state index contributed by atoms with van der Waals surface area (Å²) in [5.74, 6) is 0.484. The molecule has 3 aromatic rings. The van der Waals surface area contributed by atoms with E-state index in [1.54, 1.807) is 16.8 Å². The zero-order valence-electron chi connectivity index (χ0n) is 16.8. The van der Waals surface area contributed by atoms with Gasteiger partial charge in [0.15, 0.2) is 5.65 Å². The van der Waals surface area contributed by atoms with Crippen molar-refractivity contribution in [3.8, 4) is 0 Å². The first-order valence-electron chi connectivity index (χ1n) is 9.99. The van der Waals surface area contributed by atoms with Gasteiger partial charge in [0.25, 0.3) is 5.91 Å². The second-order valence-electron chi connectivity index (χ2n) is 7.81. The van der Waals surface area contributed by atoms with E-state index in [0.29, 0.717) is 41.3 Å². The van der Waals surface area contributed by atoms with Crippen LogP contribution in [0, 0.1) is 0 Å². The monoisotopic (exact) mass is 481 g/mol. The molecule has 10 heteroatoms. The number of hydrogen-bond acceptors (Lipinski definition) is 7. The predicted molar refractivity (Wildman–Crippen MR) is 119 cm³/mol. The zero-order chi connectivity index (χ0) is 21.5. The van der Waals surface area contributed by atoms with E-state index in [1.807, 2.05) is 30.1 Å². The second-order valence-corrected chi connectivity index (χ2v) is 8.73. The SMILES string of the molecule is CN(Cc1cccc(Br)c1)c1nc(NC2CC2)n2ncc(/C=C3\CC(=O)NC3=O)c2n1. The fraction of sp³-hybridized carbons (Fsp3) is 0.286. The van der Waals surface area contributed by atoms with Gasteiger partial charge in [0, 0.05) is 35.2 Å². The lowest BCUT2D eigenvalue weighted by Gasteiger charge is -2.19. The number of anilines is 2. The number of nitrogens with zero attached hydrogens (tertiary/aromatic N) is 5. The lowest BCUT2D eigenvalue weighted by Crippen LogP contribution is -2.21. The summed E-state index contributed by atoms with van der Waals surface area (Å²) < 4.78 is 2.66. The molecule has 1 aliphatic heterocycles. The van der Waals surface area contributed by atoms with Crippen LogP contribution in [0.3, 0.4) is 0 Å². The van der Waals surface area contributed by atoms with E-state index in [-0.39, 0.29) is 18.2 Å². The van der Waals surface area contributed by atoms with Crippen molar-refractivity contribution < 1.29 is 9.59 Å². The first kappa shape index (κ1) is 19.7. The minimum Gasteiger partial charge on any atom is -0.351 e. The maximum absolute atomic E-state index is 12.0. The number of aromatic nitrogens is 4. The highest BCUT2D eigenvalue weighted by Gasteiger charge is 2.26. The summed E-state index contributed by atoms with van der Waals surface area (Å²) in [6.45, 7) is 0.625. The van der Waals surface area contributed by atoms with Crippen LogP contribution < -0.4 is 15.5 Å². The van der Waals surface area contributed by atoms with Crippen molar-refractivity contribution in [3.05, 3.63) is 51.6 Å². The Morgan fingerprint density at radius 3 is 2.87 bits per heavy atom. The van der Waals surface area contributed by atoms with E-state index in [1.165, 1.54) is 0 Å². The summed E-state index contributed by atoms with van der Waals surface area (Å²) in [5, 5.41) is 10.1. The number of hydrogen-bond donors (Lipinski definition) is 2. The number of benzene rings is 1. The van der Waals surface area contributed by atoms with Gasteiger partial charge >= 0.3 is 0 Å². The number of carbonyl (C=O) groups excluding carboxylic acids is 2. The van der Waals surface area contributed by atoms with Crippen molar-refractivity contribution in [2.45, 2.75) is 31.8 Å². The highest BCUT2D eigenvalue weighted by Crippen LogP contribution is 2.27. The molecule has 31 heavy (non-hydrogen) atoms. The minimum absolute atomic E-state index is 0.0596. The predicted octanol–water partition coefficient (Wildman–Crippen LogP) is 2.53. The standard InChI is InChI=1S/C21H20BrN7O2/c1-28(11-12-3-2-4-15(22)7-12)20-26-18-14(8-13-9-17(30)25-19(13)31)10-23-29(18)21(27-20)24-16-5-6-16/h2-4,7-8,10,16H,5-6,9,11H2,1H3,(H,24,26,27)(H,25,30,31)/b13-8+. The zero-order valence-corrected chi connectivity index (χ0v) is 18.4. The lowest BCUT2D eigenvalue weighted by atomic mass is 10.1. The van der Waals surface area contributed by atoms with Gasteiger partial charge in [-0.3, -0.25) is 14.9 Å². The summed E-state index contributed by atoms with van der Waals surface area (Å²) in [4.78, 5) is 34.9. The number of fused-ring (bicyclic) bond motifs is 1. The van der Waals surface area contributed by atoms with E-state index in [2.05, 4.69) is 37.7 Å². The molecule has 1 aliphatic carbocycles. The first-order chi connectivity index (χ1) is 15.0. The van der Waals surface area contributed by atoms with Crippen molar-refractivity contribution in [3.63, 3.8) is 0 Å². The maximum atomic E-state index is 12.0. The van der Waals surface area contributed by atoms with E-state index in [0.717, 1.165) is 22.9 Å². The Balaban J connectivity index is 1.54. The summed E-state index contributed by atoms with van der Waals surface area (Å²) in [7, 11) is 1.94. The van der Waals surface area contributed by atoms with Gasteiger partial charge in [-0.25, -0.2) is 0 Å². The van der Waals surface area contributed by atoms with Crippen molar-refractivity contribution in [2.75, 3.05) is 17.3 Å². The fourth-order valence-corrected chi connectivity index (χ4v) is 3.89. The highest BCUT2D eigenvalue weighted by molar-refractivity contribution is 9.10. The van der Waals surface area contributed by atoms with Crippen LogP contribution in [0.5, 0.6) is 0 Å². The Labute approximate surface area is 186 Å². The minimum atomic E-state index is -0.373. The van der Waals surface area contributed by atoms with Crippen LogP contribution in [-0.4, -0.2) is 44.5 Å². The van der Waals surface area contributed by atoms with Crippen molar-refractivity contribution in [1.82, 2.24) is 24.9 Å². The molecular formula is C21H20BrN7O2. The average Bonchev–Trinajstić information content (AvgIpc) is 3.36. The first-order valence-corrected chi connectivity index (χ1v) is 10.8. The molecule has 0 atom stereocenters. The van der Waals surface area contributed by atoms with Crippen molar-refractivity contribution >= 4 is 51.4 Å². The van der Waals surface area contributed by atoms with Crippen molar-refractivity contribution in [2.24, 2.45) is 0 Å². The summed E-state index contributed by atoms with van der Waals surface area (Å²) >= 11 is 3.51. The van der Waals surface area contributed by atoms with E-state index >= 15 is 0 Å². The lowest BCUT2D eigenvalue weighted by molar-refractivity contribution is -0.124. The van der Waals surface area contributed by atoms with Crippen LogP contribution in [0.2, 0.25) is 0 Å². The third-order valence-electron chi connectivity index (χ3n) is 5.17. The van der Waals surface area contributed by atoms with Crippen LogP contribution in [0.25, 0.3) is 11.7 Å². The number of amides is 2. The molecule has 0 radical (unpaired) electrons. The Kier molecular flexibility index (Phi) is 4.93. The van der Waals surface area contributed by atoms with Gasteiger partial charge in [-0.15, -0.1) is 0 Å². The molecule has 0 unspecified atom stereocenters. The molecule has 1 saturated heterocycles. The fourth-order valence-electron chi connectivity index (χ4n) is 3.45. The Morgan fingerprint density at radius 2 is 2.16 bits per heavy atom. The number of nitrogens with one attached hydrogen (secondary N) is 2. The number of carbonyl (C=O) groups is 2. The molecule has 1 saturated carbocycles. The number of imide groups is 1. The number of rotatable bonds is 6.